The van der Waals surface area contributed by atoms with Crippen LogP contribution in [-0.2, 0) is 16.1 Å². The molecule has 1 N–H and O–H groups in total. The molecule has 0 aromatic heterocycles. The summed E-state index contributed by atoms with van der Waals surface area (Å²) < 4.78 is 4.71. The van der Waals surface area contributed by atoms with Gasteiger partial charge in [0, 0.05) is 31.6 Å². The number of rotatable bonds is 5. The molecular formula is C18H24N2O3. The molecule has 1 saturated carbocycles. The third-order valence-electron chi connectivity index (χ3n) is 4.66. The van der Waals surface area contributed by atoms with Crippen molar-refractivity contribution in [2.45, 2.75) is 38.3 Å². The van der Waals surface area contributed by atoms with Gasteiger partial charge < -0.3 is 10.1 Å². The van der Waals surface area contributed by atoms with Gasteiger partial charge in [0.1, 0.15) is 0 Å². The molecule has 23 heavy (non-hydrogen) atoms. The number of hydrogen-bond donors (Lipinski definition) is 1. The molecule has 124 valence electrons. The van der Waals surface area contributed by atoms with Crippen LogP contribution >= 0.6 is 0 Å². The fourth-order valence-corrected chi connectivity index (χ4v) is 3.02. The average Bonchev–Trinajstić information content (AvgIpc) is 3.42. The van der Waals surface area contributed by atoms with Crippen LogP contribution in [0.3, 0.4) is 0 Å². The second-order valence-corrected chi connectivity index (χ2v) is 6.52. The van der Waals surface area contributed by atoms with E-state index in [1.807, 2.05) is 24.3 Å². The van der Waals surface area contributed by atoms with E-state index in [0.717, 1.165) is 45.3 Å². The van der Waals surface area contributed by atoms with Crippen molar-refractivity contribution in [1.82, 2.24) is 10.2 Å². The lowest BCUT2D eigenvalue weighted by molar-refractivity contribution is -0.123. The van der Waals surface area contributed by atoms with Crippen molar-refractivity contribution in [2.24, 2.45) is 5.92 Å². The number of nitrogens with zero attached hydrogens (tertiary/aromatic N) is 1. The second-order valence-electron chi connectivity index (χ2n) is 6.52. The molecule has 1 aromatic rings. The van der Waals surface area contributed by atoms with E-state index >= 15 is 0 Å². The number of piperidine rings is 1. The third-order valence-corrected chi connectivity index (χ3v) is 4.66. The molecule has 1 amide bonds. The molecule has 1 aromatic carbocycles. The standard InChI is InChI=1S/C18H24N2O3/c1-23-18(22)15-4-2-13(3-5-15)12-20-10-8-16(9-11-20)19-17(21)14-6-7-14/h2-5,14,16H,6-12H2,1H3,(H,19,21). The van der Waals surface area contributed by atoms with E-state index in [-0.39, 0.29) is 11.9 Å². The molecular weight excluding hydrogens is 292 g/mol. The van der Waals surface area contributed by atoms with Gasteiger partial charge >= 0.3 is 5.97 Å². The quantitative estimate of drug-likeness (QED) is 0.844. The van der Waals surface area contributed by atoms with Crippen molar-refractivity contribution in [1.29, 1.82) is 0 Å². The number of benzene rings is 1. The summed E-state index contributed by atoms with van der Waals surface area (Å²) in [6.07, 6.45) is 4.15. The number of hydrogen-bond acceptors (Lipinski definition) is 4. The summed E-state index contributed by atoms with van der Waals surface area (Å²) in [5, 5.41) is 3.17. The number of carbonyl (C=O) groups is 2. The SMILES string of the molecule is COC(=O)c1ccc(CN2CCC(NC(=O)C3CC3)CC2)cc1. The first-order chi connectivity index (χ1) is 11.2. The number of likely N-dealkylation sites (tertiary alicyclic amines) is 1. The number of methoxy groups -OCH3 is 1. The summed E-state index contributed by atoms with van der Waals surface area (Å²) in [5.74, 6) is 0.243. The minimum absolute atomic E-state index is 0.252. The predicted molar refractivity (Wildman–Crippen MR) is 86.9 cm³/mol. The summed E-state index contributed by atoms with van der Waals surface area (Å²) in [7, 11) is 1.39. The van der Waals surface area contributed by atoms with E-state index in [1.165, 1.54) is 12.7 Å². The zero-order chi connectivity index (χ0) is 16.2. The summed E-state index contributed by atoms with van der Waals surface area (Å²) in [4.78, 5) is 25.6. The molecule has 1 heterocycles. The number of amides is 1. The number of ether oxygens (including phenoxy) is 1. The Morgan fingerprint density at radius 2 is 1.78 bits per heavy atom. The Kier molecular flexibility index (Phi) is 4.96. The highest BCUT2D eigenvalue weighted by molar-refractivity contribution is 5.89. The summed E-state index contributed by atoms with van der Waals surface area (Å²) in [6.45, 7) is 2.87. The van der Waals surface area contributed by atoms with E-state index in [1.54, 1.807) is 0 Å². The highest BCUT2D eigenvalue weighted by atomic mass is 16.5. The van der Waals surface area contributed by atoms with Gasteiger partial charge in [-0.05, 0) is 43.4 Å². The Hall–Kier alpha value is -1.88. The molecule has 0 atom stereocenters. The van der Waals surface area contributed by atoms with Gasteiger partial charge in [0.2, 0.25) is 5.91 Å². The lowest BCUT2D eigenvalue weighted by Crippen LogP contribution is -2.44. The van der Waals surface area contributed by atoms with Crippen LogP contribution in [0.1, 0.15) is 41.6 Å². The van der Waals surface area contributed by atoms with E-state index < -0.39 is 0 Å². The van der Waals surface area contributed by atoms with Crippen molar-refractivity contribution >= 4 is 11.9 Å². The first-order valence-corrected chi connectivity index (χ1v) is 8.35. The Balaban J connectivity index is 1.44. The van der Waals surface area contributed by atoms with Gasteiger partial charge in [-0.2, -0.15) is 0 Å². The zero-order valence-electron chi connectivity index (χ0n) is 13.6. The molecule has 0 unspecified atom stereocenters. The van der Waals surface area contributed by atoms with Gasteiger partial charge in [-0.3, -0.25) is 9.69 Å². The number of carbonyl (C=O) groups excluding carboxylic acids is 2. The molecule has 2 aliphatic rings. The molecule has 3 rings (SSSR count). The third kappa shape index (κ3) is 4.32. The highest BCUT2D eigenvalue weighted by Gasteiger charge is 2.31. The first-order valence-electron chi connectivity index (χ1n) is 8.35. The van der Waals surface area contributed by atoms with Gasteiger partial charge in [-0.25, -0.2) is 4.79 Å². The normalized spacial score (nSPS) is 19.3. The van der Waals surface area contributed by atoms with Gasteiger partial charge in [0.25, 0.3) is 0 Å². The number of nitrogens with one attached hydrogen (secondary N) is 1. The van der Waals surface area contributed by atoms with Gasteiger partial charge in [0.15, 0.2) is 0 Å². The molecule has 0 spiro atoms. The Labute approximate surface area is 137 Å². The van der Waals surface area contributed by atoms with Crippen molar-refractivity contribution in [3.05, 3.63) is 35.4 Å². The summed E-state index contributed by atoms with van der Waals surface area (Å²) >= 11 is 0. The van der Waals surface area contributed by atoms with Crippen LogP contribution in [0.15, 0.2) is 24.3 Å². The Morgan fingerprint density at radius 3 is 2.35 bits per heavy atom. The van der Waals surface area contributed by atoms with Crippen LogP contribution < -0.4 is 5.32 Å². The van der Waals surface area contributed by atoms with E-state index in [0.29, 0.717) is 17.5 Å². The average molecular weight is 316 g/mol. The highest BCUT2D eigenvalue weighted by Crippen LogP contribution is 2.29. The van der Waals surface area contributed by atoms with Crippen LogP contribution in [0.25, 0.3) is 0 Å². The Bertz CT molecular complexity index is 558. The van der Waals surface area contributed by atoms with Crippen molar-refractivity contribution in [2.75, 3.05) is 20.2 Å². The summed E-state index contributed by atoms with van der Waals surface area (Å²) in [6, 6.07) is 7.91. The fourth-order valence-electron chi connectivity index (χ4n) is 3.02. The Morgan fingerprint density at radius 1 is 1.13 bits per heavy atom. The zero-order valence-corrected chi connectivity index (χ0v) is 13.6. The van der Waals surface area contributed by atoms with Crippen LogP contribution in [0, 0.1) is 5.92 Å². The maximum Gasteiger partial charge on any atom is 0.337 e. The van der Waals surface area contributed by atoms with E-state index in [9.17, 15) is 9.59 Å². The van der Waals surface area contributed by atoms with Gasteiger partial charge in [-0.1, -0.05) is 12.1 Å². The topological polar surface area (TPSA) is 58.6 Å². The monoisotopic (exact) mass is 316 g/mol. The maximum atomic E-state index is 11.8. The van der Waals surface area contributed by atoms with Crippen LogP contribution in [-0.4, -0.2) is 43.0 Å². The van der Waals surface area contributed by atoms with Gasteiger partial charge in [-0.15, -0.1) is 0 Å². The molecule has 1 aliphatic carbocycles. The van der Waals surface area contributed by atoms with Crippen molar-refractivity contribution in [3.8, 4) is 0 Å². The number of esters is 1. The fraction of sp³-hybridized carbons (Fsp3) is 0.556. The lowest BCUT2D eigenvalue weighted by atomic mass is 10.0. The minimum Gasteiger partial charge on any atom is -0.465 e. The van der Waals surface area contributed by atoms with Crippen LogP contribution in [0.5, 0.6) is 0 Å². The first kappa shape index (κ1) is 16.0. The molecule has 2 fully saturated rings. The molecule has 5 heteroatoms. The van der Waals surface area contributed by atoms with Gasteiger partial charge in [0.05, 0.1) is 12.7 Å². The van der Waals surface area contributed by atoms with E-state index in [4.69, 9.17) is 4.74 Å². The molecule has 0 bridgehead atoms. The van der Waals surface area contributed by atoms with E-state index in [2.05, 4.69) is 10.2 Å². The van der Waals surface area contributed by atoms with Crippen LogP contribution in [0.2, 0.25) is 0 Å². The second kappa shape index (κ2) is 7.13. The molecule has 1 aliphatic heterocycles. The largest absolute Gasteiger partial charge is 0.465 e. The van der Waals surface area contributed by atoms with Crippen LogP contribution in [0.4, 0.5) is 0 Å². The molecule has 0 radical (unpaired) electrons. The van der Waals surface area contributed by atoms with Crippen molar-refractivity contribution in [3.63, 3.8) is 0 Å². The summed E-state index contributed by atoms with van der Waals surface area (Å²) in [5.41, 5.74) is 1.77. The smallest absolute Gasteiger partial charge is 0.337 e. The lowest BCUT2D eigenvalue weighted by Gasteiger charge is -2.32. The predicted octanol–water partition coefficient (Wildman–Crippen LogP) is 1.96. The molecule has 1 saturated heterocycles. The minimum atomic E-state index is -0.302. The molecule has 5 nitrogen and oxygen atoms in total. The maximum absolute atomic E-state index is 11.8. The van der Waals surface area contributed by atoms with Crippen molar-refractivity contribution < 1.29 is 14.3 Å².